The molecule has 0 N–H and O–H groups in total. The maximum Gasteiger partial charge on any atom is 1.00 e. The normalized spacial score (nSPS) is 10.7. The first kappa shape index (κ1) is 31.1. The zero-order chi connectivity index (χ0) is 22.8. The van der Waals surface area contributed by atoms with Gasteiger partial charge >= 0.3 is 59.1 Å². The molecule has 5 nitrogen and oxygen atoms in total. The summed E-state index contributed by atoms with van der Waals surface area (Å²) in [5.41, 5.74) is 0.716. The van der Waals surface area contributed by atoms with E-state index >= 15 is 0 Å². The second-order valence-electron chi connectivity index (χ2n) is 6.30. The van der Waals surface area contributed by atoms with Crippen molar-refractivity contribution >= 4 is 131 Å². The molecule has 0 saturated heterocycles. The summed E-state index contributed by atoms with van der Waals surface area (Å²) in [6.07, 6.45) is 0. The van der Waals surface area contributed by atoms with E-state index in [0.717, 1.165) is 0 Å². The van der Waals surface area contributed by atoms with Gasteiger partial charge in [-0.2, -0.15) is 0 Å². The average Bonchev–Trinajstić information content (AvgIpc) is 2.71. The molecule has 2 aliphatic rings. The van der Waals surface area contributed by atoms with Crippen LogP contribution in [0.4, 0.5) is 0 Å². The van der Waals surface area contributed by atoms with Crippen molar-refractivity contribution in [3.63, 3.8) is 0 Å². The van der Waals surface area contributed by atoms with Gasteiger partial charge in [-0.15, -0.1) is 0 Å². The van der Waals surface area contributed by atoms with E-state index in [1.54, 1.807) is 12.1 Å². The summed E-state index contributed by atoms with van der Waals surface area (Å²) in [4.78, 5) is 24.6. The standard InChI is InChI=1S/C20H6Cl2I4O5.2Na/c21-7-1-2-8(22)13(20(29)30)12(7)11-5-3-9(23)16(27)14(25)18(5)31-19-6(11)4-10(24)17(28)15(19)26;;/h1-4,27H,(H,29,30);;/q;2*+1/p-2. The van der Waals surface area contributed by atoms with Gasteiger partial charge in [0.15, 0.2) is 5.76 Å². The molecule has 4 rings (SSSR count). The van der Waals surface area contributed by atoms with E-state index in [9.17, 15) is 19.8 Å². The largest absolute Gasteiger partial charge is 1.00 e. The van der Waals surface area contributed by atoms with E-state index in [2.05, 4.69) is 0 Å². The Bertz CT molecular complexity index is 1480. The molecule has 1 heterocycles. The summed E-state index contributed by atoms with van der Waals surface area (Å²) >= 11 is 20.3. The number of carboxylic acids is 1. The second kappa shape index (κ2) is 12.2. The molecule has 13 heteroatoms. The molecule has 0 saturated carbocycles. The summed E-state index contributed by atoms with van der Waals surface area (Å²) in [5.74, 6) is -1.51. The first-order valence-corrected chi connectivity index (χ1v) is 13.2. The Labute approximate surface area is 296 Å². The van der Waals surface area contributed by atoms with E-state index in [0.29, 0.717) is 30.8 Å². The molecule has 0 radical (unpaired) electrons. The Kier molecular flexibility index (Phi) is 11.5. The molecule has 2 aromatic carbocycles. The number of benzene rings is 3. The van der Waals surface area contributed by atoms with Crippen molar-refractivity contribution in [2.24, 2.45) is 0 Å². The first-order chi connectivity index (χ1) is 14.5. The molecule has 0 unspecified atom stereocenters. The van der Waals surface area contributed by atoms with Crippen molar-refractivity contribution in [3.8, 4) is 28.2 Å². The fraction of sp³-hybridized carbons (Fsp3) is 0. The molecule has 1 aliphatic heterocycles. The number of carbonyl (C=O) groups excluding carboxylic acids is 1. The summed E-state index contributed by atoms with van der Waals surface area (Å²) < 4.78 is 7.50. The van der Waals surface area contributed by atoms with Crippen LogP contribution in [0.2, 0.25) is 10.0 Å². The molecular weight excluding hydrogens is 945 g/mol. The van der Waals surface area contributed by atoms with Crippen molar-refractivity contribution in [2.45, 2.75) is 0 Å². The number of halogens is 6. The summed E-state index contributed by atoms with van der Waals surface area (Å²) in [6, 6.07) is 6.09. The first-order valence-electron chi connectivity index (χ1n) is 8.17. The van der Waals surface area contributed by atoms with Crippen molar-refractivity contribution < 1.29 is 78.5 Å². The molecule has 0 amide bonds. The maximum atomic E-state index is 12.6. The summed E-state index contributed by atoms with van der Waals surface area (Å²) in [5, 5.41) is 25.2. The predicted octanol–water partition coefficient (Wildman–Crippen LogP) is -0.265. The monoisotopic (exact) mass is 948 g/mol. The molecule has 0 spiro atoms. The van der Waals surface area contributed by atoms with Gasteiger partial charge in [-0.05, 0) is 115 Å². The Morgan fingerprint density at radius 2 is 1.52 bits per heavy atom. The van der Waals surface area contributed by atoms with Crippen LogP contribution in [0.1, 0.15) is 10.4 Å². The number of fused-ring (bicyclic) bond motifs is 2. The van der Waals surface area contributed by atoms with Crippen LogP contribution >= 0.6 is 114 Å². The van der Waals surface area contributed by atoms with Crippen LogP contribution in [0.15, 0.2) is 33.5 Å². The van der Waals surface area contributed by atoms with Gasteiger partial charge in [0.1, 0.15) is 9.15 Å². The Morgan fingerprint density at radius 3 is 2.12 bits per heavy atom. The van der Waals surface area contributed by atoms with Gasteiger partial charge < -0.3 is 19.4 Å². The van der Waals surface area contributed by atoms with Gasteiger partial charge in [0.25, 0.3) is 0 Å². The van der Waals surface area contributed by atoms with Crippen LogP contribution in [0.3, 0.4) is 0 Å². The van der Waals surface area contributed by atoms with Crippen LogP contribution in [0.5, 0.6) is 5.75 Å². The zero-order valence-electron chi connectivity index (χ0n) is 16.6. The van der Waals surface area contributed by atoms with Gasteiger partial charge in [0.05, 0.1) is 14.6 Å². The maximum absolute atomic E-state index is 12.6. The molecule has 1 aliphatic carbocycles. The minimum Gasteiger partial charge on any atom is -0.871 e. The molecule has 2 aromatic rings. The third-order valence-corrected chi connectivity index (χ3v) is 8.76. The smallest absolute Gasteiger partial charge is 0.871 e. The van der Waals surface area contributed by atoms with Crippen molar-refractivity contribution in [1.82, 2.24) is 0 Å². The Morgan fingerprint density at radius 1 is 0.909 bits per heavy atom. The molecule has 158 valence electrons. The minimum atomic E-state index is -1.50. The van der Waals surface area contributed by atoms with Crippen LogP contribution < -0.4 is 74.8 Å². The van der Waals surface area contributed by atoms with Gasteiger partial charge in [-0.1, -0.05) is 29.0 Å². The second-order valence-corrected chi connectivity index (χ2v) is 11.6. The van der Waals surface area contributed by atoms with Gasteiger partial charge in [-0.3, -0.25) is 4.79 Å². The van der Waals surface area contributed by atoms with Crippen LogP contribution in [-0.2, 0) is 0 Å². The van der Waals surface area contributed by atoms with Gasteiger partial charge in [-0.25, -0.2) is 0 Å². The van der Waals surface area contributed by atoms with E-state index in [1.165, 1.54) is 12.1 Å². The summed E-state index contributed by atoms with van der Waals surface area (Å²) in [6.45, 7) is 0. The molecule has 0 bridgehead atoms. The van der Waals surface area contributed by atoms with Crippen LogP contribution in [0.25, 0.3) is 33.4 Å². The average molecular weight is 949 g/mol. The molecule has 0 aromatic heterocycles. The fourth-order valence-electron chi connectivity index (χ4n) is 3.25. The number of aromatic carboxylic acids is 1. The quantitative estimate of drug-likeness (QED) is 0.157. The Hall–Kier alpha value is 1.90. The van der Waals surface area contributed by atoms with Crippen LogP contribution in [-0.4, -0.2) is 5.97 Å². The topological polar surface area (TPSA) is 93.4 Å². The van der Waals surface area contributed by atoms with Crippen molar-refractivity contribution in [2.75, 3.05) is 0 Å². The van der Waals surface area contributed by atoms with Gasteiger partial charge in [0.2, 0.25) is 5.43 Å². The molecule has 0 atom stereocenters. The van der Waals surface area contributed by atoms with E-state index < -0.39 is 5.97 Å². The summed E-state index contributed by atoms with van der Waals surface area (Å²) in [7, 11) is 0. The third kappa shape index (κ3) is 5.54. The van der Waals surface area contributed by atoms with E-state index in [1.807, 2.05) is 90.4 Å². The molecule has 0 fully saturated rings. The third-order valence-electron chi connectivity index (χ3n) is 4.56. The predicted molar refractivity (Wildman–Crippen MR) is 149 cm³/mol. The van der Waals surface area contributed by atoms with Crippen molar-refractivity contribution in [1.29, 1.82) is 0 Å². The van der Waals surface area contributed by atoms with E-state index in [-0.39, 0.29) is 103 Å². The van der Waals surface area contributed by atoms with Gasteiger partial charge in [0, 0.05) is 39.8 Å². The van der Waals surface area contributed by atoms with Crippen LogP contribution in [0, 0.1) is 14.3 Å². The molecule has 33 heavy (non-hydrogen) atoms. The zero-order valence-corrected chi connectivity index (χ0v) is 30.8. The number of carboxylic acid groups (broad SMARTS) is 1. The minimum absolute atomic E-state index is 0. The molecular formula is C20H4Cl2I4Na2O5. The SMILES string of the molecule is O=C([O-])c1c(Cl)ccc(Cl)c1-c1c2cc(I)c(=O)c(I)c-2oc2c(I)c([O-])c(I)cc12.[Na+].[Na+]. The number of hydrogen-bond acceptors (Lipinski definition) is 5. The number of hydrogen-bond donors (Lipinski definition) is 0. The van der Waals surface area contributed by atoms with Crippen molar-refractivity contribution in [3.05, 3.63) is 64.4 Å². The van der Waals surface area contributed by atoms with E-state index in [4.69, 9.17) is 27.6 Å². The Balaban J connectivity index is 0.00000193. The number of rotatable bonds is 2. The fourth-order valence-corrected chi connectivity index (χ4v) is 7.31. The number of carbonyl (C=O) groups is 1.